The maximum Gasteiger partial charge on any atom is 0.261 e. The van der Waals surface area contributed by atoms with E-state index in [4.69, 9.17) is 9.47 Å². The van der Waals surface area contributed by atoms with Crippen LogP contribution in [0.4, 0.5) is 0 Å². The molecule has 190 valence electrons. The Morgan fingerprint density at radius 2 is 1.47 bits per heavy atom. The highest BCUT2D eigenvalue weighted by molar-refractivity contribution is 5.89. The Labute approximate surface area is 214 Å². The first-order chi connectivity index (χ1) is 17.2. The Morgan fingerprint density at radius 1 is 0.861 bits per heavy atom. The lowest BCUT2D eigenvalue weighted by Gasteiger charge is -2.33. The number of ether oxygens (including phenoxy) is 2. The van der Waals surface area contributed by atoms with Gasteiger partial charge in [-0.15, -0.1) is 0 Å². The number of rotatable bonds is 10. The summed E-state index contributed by atoms with van der Waals surface area (Å²) in [5.41, 5.74) is 2.59. The van der Waals surface area contributed by atoms with Gasteiger partial charge in [0, 0.05) is 18.5 Å². The molecule has 2 amide bonds. The molecule has 0 spiro atoms. The van der Waals surface area contributed by atoms with Crippen molar-refractivity contribution in [1.82, 2.24) is 10.2 Å². The fourth-order valence-corrected chi connectivity index (χ4v) is 3.86. The first-order valence-corrected chi connectivity index (χ1v) is 12.1. The summed E-state index contributed by atoms with van der Waals surface area (Å²) in [4.78, 5) is 28.9. The molecular formula is C30H36N2O4. The summed E-state index contributed by atoms with van der Waals surface area (Å²) in [5, 5.41) is 3.07. The number of carbonyl (C=O) groups is 2. The number of aryl methyl sites for hydroxylation is 1. The average molecular weight is 489 g/mol. The zero-order valence-electron chi connectivity index (χ0n) is 21.8. The fraction of sp³-hybridized carbons (Fsp3) is 0.333. The fourth-order valence-electron chi connectivity index (χ4n) is 3.86. The Hall–Kier alpha value is -3.80. The van der Waals surface area contributed by atoms with E-state index in [2.05, 4.69) is 5.32 Å². The largest absolute Gasteiger partial charge is 0.493 e. The maximum absolute atomic E-state index is 13.7. The van der Waals surface area contributed by atoms with Crippen LogP contribution in [0.5, 0.6) is 11.5 Å². The first-order valence-electron chi connectivity index (χ1n) is 12.1. The van der Waals surface area contributed by atoms with Crippen LogP contribution in [0.15, 0.2) is 78.9 Å². The number of nitrogens with zero attached hydrogens (tertiary/aromatic N) is 1. The molecule has 36 heavy (non-hydrogen) atoms. The van der Waals surface area contributed by atoms with Crippen LogP contribution >= 0.6 is 0 Å². The van der Waals surface area contributed by atoms with Crippen molar-refractivity contribution in [3.8, 4) is 11.5 Å². The van der Waals surface area contributed by atoms with Gasteiger partial charge in [-0.05, 0) is 51.0 Å². The third kappa shape index (κ3) is 7.87. The zero-order valence-corrected chi connectivity index (χ0v) is 21.8. The Balaban J connectivity index is 1.93. The third-order valence-corrected chi connectivity index (χ3v) is 5.66. The summed E-state index contributed by atoms with van der Waals surface area (Å²) in [6.45, 7) is 7.87. The molecule has 6 heteroatoms. The molecule has 3 rings (SSSR count). The molecule has 0 heterocycles. The van der Waals surface area contributed by atoms with Gasteiger partial charge >= 0.3 is 0 Å². The molecule has 1 atom stereocenters. The van der Waals surface area contributed by atoms with E-state index in [0.29, 0.717) is 17.9 Å². The van der Waals surface area contributed by atoms with Gasteiger partial charge in [-0.25, -0.2) is 0 Å². The second kappa shape index (κ2) is 12.2. The van der Waals surface area contributed by atoms with Crippen molar-refractivity contribution < 1.29 is 19.1 Å². The van der Waals surface area contributed by atoms with Gasteiger partial charge < -0.3 is 19.7 Å². The topological polar surface area (TPSA) is 67.9 Å². The molecule has 3 aromatic carbocycles. The number of benzene rings is 3. The standard InChI is InChI=1S/C30H36N2O4/c1-22-15-17-24(18-16-22)20-32(28(33)21-36-27-14-10-9-13-26(27)35-5)25(29(34)31-30(2,3)4)19-23-11-7-6-8-12-23/h6-18,25H,19-21H2,1-5H3,(H,31,34). The quantitative estimate of drug-likeness (QED) is 0.439. The maximum atomic E-state index is 13.7. The first kappa shape index (κ1) is 26.8. The van der Waals surface area contributed by atoms with Crippen molar-refractivity contribution in [3.05, 3.63) is 95.6 Å². The molecule has 0 radical (unpaired) electrons. The van der Waals surface area contributed by atoms with Gasteiger partial charge in [-0.3, -0.25) is 9.59 Å². The van der Waals surface area contributed by atoms with Crippen molar-refractivity contribution in [2.45, 2.75) is 52.2 Å². The van der Waals surface area contributed by atoms with Gasteiger partial charge in [-0.1, -0.05) is 72.3 Å². The molecule has 1 unspecified atom stereocenters. The third-order valence-electron chi connectivity index (χ3n) is 5.66. The summed E-state index contributed by atoms with van der Waals surface area (Å²) in [6.07, 6.45) is 0.384. The van der Waals surface area contributed by atoms with Crippen LogP contribution in [-0.2, 0) is 22.6 Å². The number of carbonyl (C=O) groups excluding carboxylic acids is 2. The van der Waals surface area contributed by atoms with E-state index in [1.807, 2.05) is 94.4 Å². The highest BCUT2D eigenvalue weighted by Gasteiger charge is 2.32. The Bertz CT molecular complexity index is 1140. The number of methoxy groups -OCH3 is 1. The minimum absolute atomic E-state index is 0.205. The van der Waals surface area contributed by atoms with E-state index in [0.717, 1.165) is 16.7 Å². The molecule has 0 bridgehead atoms. The Kier molecular flexibility index (Phi) is 9.12. The lowest BCUT2D eigenvalue weighted by atomic mass is 10.0. The molecule has 0 saturated carbocycles. The van der Waals surface area contributed by atoms with Gasteiger partial charge in [0.05, 0.1) is 7.11 Å². The summed E-state index contributed by atoms with van der Waals surface area (Å²) >= 11 is 0. The van der Waals surface area contributed by atoms with E-state index in [1.54, 1.807) is 24.1 Å². The van der Waals surface area contributed by atoms with E-state index < -0.39 is 11.6 Å². The van der Waals surface area contributed by atoms with E-state index in [-0.39, 0.29) is 25.0 Å². The molecule has 0 fully saturated rings. The average Bonchev–Trinajstić information content (AvgIpc) is 2.85. The van der Waals surface area contributed by atoms with Gasteiger partial charge in [0.25, 0.3) is 5.91 Å². The smallest absolute Gasteiger partial charge is 0.261 e. The predicted octanol–water partition coefficient (Wildman–Crippen LogP) is 4.94. The van der Waals surface area contributed by atoms with Crippen LogP contribution in [0, 0.1) is 6.92 Å². The summed E-state index contributed by atoms with van der Waals surface area (Å²) in [7, 11) is 1.56. The van der Waals surface area contributed by atoms with Crippen LogP contribution in [0.25, 0.3) is 0 Å². The number of hydrogen-bond acceptors (Lipinski definition) is 4. The van der Waals surface area contributed by atoms with Crippen LogP contribution in [0.3, 0.4) is 0 Å². The van der Waals surface area contributed by atoms with Gasteiger partial charge in [0.2, 0.25) is 5.91 Å². The van der Waals surface area contributed by atoms with Crippen molar-refractivity contribution in [1.29, 1.82) is 0 Å². The van der Waals surface area contributed by atoms with E-state index >= 15 is 0 Å². The van der Waals surface area contributed by atoms with Crippen molar-refractivity contribution in [2.75, 3.05) is 13.7 Å². The van der Waals surface area contributed by atoms with E-state index in [9.17, 15) is 9.59 Å². The normalized spacial score (nSPS) is 11.9. The minimum atomic E-state index is -0.721. The van der Waals surface area contributed by atoms with Gasteiger partial charge in [-0.2, -0.15) is 0 Å². The molecule has 0 saturated heterocycles. The molecule has 6 nitrogen and oxygen atoms in total. The number of hydrogen-bond donors (Lipinski definition) is 1. The second-order valence-electron chi connectivity index (χ2n) is 9.89. The van der Waals surface area contributed by atoms with Crippen molar-refractivity contribution >= 4 is 11.8 Å². The second-order valence-corrected chi connectivity index (χ2v) is 9.89. The predicted molar refractivity (Wildman–Crippen MR) is 142 cm³/mol. The molecule has 0 aliphatic heterocycles. The number of para-hydroxylation sites is 2. The van der Waals surface area contributed by atoms with Crippen LogP contribution in [-0.4, -0.2) is 42.0 Å². The molecular weight excluding hydrogens is 452 g/mol. The SMILES string of the molecule is COc1ccccc1OCC(=O)N(Cc1ccc(C)cc1)C(Cc1ccccc1)C(=O)NC(C)(C)C. The summed E-state index contributed by atoms with van der Waals surface area (Å²) in [5.74, 6) is 0.527. The van der Waals surface area contributed by atoms with E-state index in [1.165, 1.54) is 0 Å². The van der Waals surface area contributed by atoms with Gasteiger partial charge in [0.15, 0.2) is 18.1 Å². The minimum Gasteiger partial charge on any atom is -0.493 e. The highest BCUT2D eigenvalue weighted by atomic mass is 16.5. The van der Waals surface area contributed by atoms with Crippen LogP contribution in [0.2, 0.25) is 0 Å². The highest BCUT2D eigenvalue weighted by Crippen LogP contribution is 2.26. The molecule has 3 aromatic rings. The van der Waals surface area contributed by atoms with Crippen LogP contribution < -0.4 is 14.8 Å². The molecule has 0 aliphatic rings. The van der Waals surface area contributed by atoms with Crippen molar-refractivity contribution in [2.24, 2.45) is 0 Å². The number of amides is 2. The summed E-state index contributed by atoms with van der Waals surface area (Å²) in [6, 6.07) is 24.2. The van der Waals surface area contributed by atoms with Crippen LogP contribution in [0.1, 0.15) is 37.5 Å². The molecule has 1 N–H and O–H groups in total. The molecule has 0 aliphatic carbocycles. The lowest BCUT2D eigenvalue weighted by Crippen LogP contribution is -2.55. The Morgan fingerprint density at radius 3 is 2.08 bits per heavy atom. The zero-order chi connectivity index (χ0) is 26.1. The summed E-state index contributed by atoms with van der Waals surface area (Å²) < 4.78 is 11.2. The monoisotopic (exact) mass is 488 g/mol. The molecule has 0 aromatic heterocycles. The number of nitrogens with one attached hydrogen (secondary N) is 1. The lowest BCUT2D eigenvalue weighted by molar-refractivity contribution is -0.143. The van der Waals surface area contributed by atoms with Gasteiger partial charge in [0.1, 0.15) is 6.04 Å². The van der Waals surface area contributed by atoms with Crippen molar-refractivity contribution in [3.63, 3.8) is 0 Å².